The van der Waals surface area contributed by atoms with E-state index in [1.165, 1.54) is 25.7 Å². The summed E-state index contributed by atoms with van der Waals surface area (Å²) in [6, 6.07) is 0. The third kappa shape index (κ3) is 6.58. The van der Waals surface area contributed by atoms with E-state index in [0.717, 1.165) is 25.4 Å². The van der Waals surface area contributed by atoms with E-state index < -0.39 is 0 Å². The van der Waals surface area contributed by atoms with E-state index in [0.29, 0.717) is 17.4 Å². The predicted molar refractivity (Wildman–Crippen MR) is 88.2 cm³/mol. The van der Waals surface area contributed by atoms with Crippen molar-refractivity contribution in [3.63, 3.8) is 0 Å². The molecule has 20 heavy (non-hydrogen) atoms. The van der Waals surface area contributed by atoms with Gasteiger partial charge >= 0.3 is 0 Å². The Labute approximate surface area is 127 Å². The number of rotatable bonds is 12. The number of unbranched alkanes of at least 4 members (excludes halogenated alkanes) is 2. The molecule has 0 aliphatic carbocycles. The van der Waals surface area contributed by atoms with Gasteiger partial charge in [0.25, 0.3) is 0 Å². The highest BCUT2D eigenvalue weighted by molar-refractivity contribution is 4.86. The van der Waals surface area contributed by atoms with Gasteiger partial charge in [-0.3, -0.25) is 0 Å². The molecule has 0 spiro atoms. The molecule has 0 aromatic rings. The lowest BCUT2D eigenvalue weighted by molar-refractivity contribution is -0.00566. The van der Waals surface area contributed by atoms with Gasteiger partial charge in [0.2, 0.25) is 0 Å². The van der Waals surface area contributed by atoms with Gasteiger partial charge in [0.05, 0.1) is 6.10 Å². The van der Waals surface area contributed by atoms with E-state index in [1.54, 1.807) is 7.11 Å². The molecule has 0 bridgehead atoms. The summed E-state index contributed by atoms with van der Waals surface area (Å²) in [4.78, 5) is 0. The SMILES string of the molecule is CCCCCC(C)C(C)(CC(CCOC)OC)C(C)C. The molecule has 0 saturated carbocycles. The normalized spacial score (nSPS) is 18.0. The van der Waals surface area contributed by atoms with Gasteiger partial charge in [-0.25, -0.2) is 0 Å². The quantitative estimate of drug-likeness (QED) is 0.453. The molecule has 2 heteroatoms. The Kier molecular flexibility index (Phi) is 10.6. The lowest BCUT2D eigenvalue weighted by Crippen LogP contribution is -2.36. The van der Waals surface area contributed by atoms with Gasteiger partial charge in [-0.05, 0) is 30.1 Å². The maximum Gasteiger partial charge on any atom is 0.0598 e. The lowest BCUT2D eigenvalue weighted by Gasteiger charge is -2.42. The Morgan fingerprint density at radius 1 is 1.00 bits per heavy atom. The summed E-state index contributed by atoms with van der Waals surface area (Å²) in [6.45, 7) is 12.7. The highest BCUT2D eigenvalue weighted by atomic mass is 16.5. The summed E-state index contributed by atoms with van der Waals surface area (Å²) in [5.41, 5.74) is 0.349. The predicted octanol–water partition coefficient (Wildman–Crippen LogP) is 5.31. The third-order valence-corrected chi connectivity index (χ3v) is 5.33. The molecule has 0 aliphatic heterocycles. The van der Waals surface area contributed by atoms with Crippen LogP contribution in [0.15, 0.2) is 0 Å². The molecule has 0 fully saturated rings. The van der Waals surface area contributed by atoms with Crippen LogP contribution in [0.2, 0.25) is 0 Å². The molecule has 0 radical (unpaired) electrons. The first-order valence-electron chi connectivity index (χ1n) is 8.44. The summed E-state index contributed by atoms with van der Waals surface area (Å²) in [6.07, 6.45) is 7.81. The van der Waals surface area contributed by atoms with Gasteiger partial charge in [-0.1, -0.05) is 60.3 Å². The van der Waals surface area contributed by atoms with Gasteiger partial charge in [-0.15, -0.1) is 0 Å². The summed E-state index contributed by atoms with van der Waals surface area (Å²) >= 11 is 0. The number of hydrogen-bond acceptors (Lipinski definition) is 2. The standard InChI is InChI=1S/C18H38O2/c1-8-9-10-11-16(4)18(5,15(2)3)14-17(20-7)12-13-19-6/h15-17H,8-14H2,1-7H3. The minimum atomic E-state index is 0.316. The minimum absolute atomic E-state index is 0.316. The number of ether oxygens (including phenoxy) is 2. The molecule has 0 aromatic heterocycles. The van der Waals surface area contributed by atoms with Crippen molar-refractivity contribution < 1.29 is 9.47 Å². The third-order valence-electron chi connectivity index (χ3n) is 5.33. The summed E-state index contributed by atoms with van der Waals surface area (Å²) in [7, 11) is 3.60. The van der Waals surface area contributed by atoms with Crippen molar-refractivity contribution in [2.75, 3.05) is 20.8 Å². The number of hydrogen-bond donors (Lipinski definition) is 0. The number of methoxy groups -OCH3 is 2. The van der Waals surface area contributed by atoms with Crippen LogP contribution in [0.4, 0.5) is 0 Å². The van der Waals surface area contributed by atoms with Crippen LogP contribution in [0.25, 0.3) is 0 Å². The van der Waals surface area contributed by atoms with Crippen LogP contribution in [-0.2, 0) is 9.47 Å². The molecule has 0 heterocycles. The second-order valence-corrected chi connectivity index (χ2v) is 6.90. The Morgan fingerprint density at radius 2 is 1.65 bits per heavy atom. The van der Waals surface area contributed by atoms with Crippen molar-refractivity contribution in [2.24, 2.45) is 17.3 Å². The van der Waals surface area contributed by atoms with Crippen molar-refractivity contribution in [1.82, 2.24) is 0 Å². The average molecular weight is 286 g/mol. The van der Waals surface area contributed by atoms with Crippen molar-refractivity contribution in [3.8, 4) is 0 Å². The first kappa shape index (κ1) is 19.9. The maximum atomic E-state index is 5.69. The minimum Gasteiger partial charge on any atom is -0.385 e. The molecule has 0 N–H and O–H groups in total. The highest BCUT2D eigenvalue weighted by Gasteiger charge is 2.36. The van der Waals surface area contributed by atoms with E-state index in [2.05, 4.69) is 34.6 Å². The van der Waals surface area contributed by atoms with E-state index in [-0.39, 0.29) is 0 Å². The second-order valence-electron chi connectivity index (χ2n) is 6.90. The van der Waals surface area contributed by atoms with Gasteiger partial charge in [0.1, 0.15) is 0 Å². The van der Waals surface area contributed by atoms with Gasteiger partial charge in [-0.2, -0.15) is 0 Å². The summed E-state index contributed by atoms with van der Waals surface area (Å²) in [5, 5.41) is 0. The maximum absolute atomic E-state index is 5.69. The van der Waals surface area contributed by atoms with Crippen LogP contribution in [-0.4, -0.2) is 26.9 Å². The van der Waals surface area contributed by atoms with E-state index in [4.69, 9.17) is 9.47 Å². The smallest absolute Gasteiger partial charge is 0.0598 e. The zero-order chi connectivity index (χ0) is 15.6. The Bertz CT molecular complexity index is 227. The average Bonchev–Trinajstić information content (AvgIpc) is 2.42. The monoisotopic (exact) mass is 286 g/mol. The fraction of sp³-hybridized carbons (Fsp3) is 1.00. The van der Waals surface area contributed by atoms with Gasteiger partial charge in [0.15, 0.2) is 0 Å². The fourth-order valence-corrected chi connectivity index (χ4v) is 3.08. The van der Waals surface area contributed by atoms with Crippen LogP contribution in [0.1, 0.15) is 73.1 Å². The molecule has 0 saturated heterocycles. The van der Waals surface area contributed by atoms with Crippen molar-refractivity contribution in [3.05, 3.63) is 0 Å². The molecular weight excluding hydrogens is 248 g/mol. The molecule has 0 aliphatic rings. The molecule has 2 nitrogen and oxygen atoms in total. The zero-order valence-corrected chi connectivity index (χ0v) is 15.0. The Balaban J connectivity index is 4.63. The highest BCUT2D eigenvalue weighted by Crippen LogP contribution is 2.43. The molecular formula is C18H38O2. The molecule has 122 valence electrons. The second kappa shape index (κ2) is 10.6. The van der Waals surface area contributed by atoms with E-state index in [9.17, 15) is 0 Å². The summed E-state index contributed by atoms with van der Waals surface area (Å²) in [5.74, 6) is 1.42. The van der Waals surface area contributed by atoms with Crippen molar-refractivity contribution >= 4 is 0 Å². The fourth-order valence-electron chi connectivity index (χ4n) is 3.08. The first-order valence-corrected chi connectivity index (χ1v) is 8.44. The molecule has 0 rings (SSSR count). The first-order chi connectivity index (χ1) is 9.42. The van der Waals surface area contributed by atoms with Crippen LogP contribution >= 0.6 is 0 Å². The Hall–Kier alpha value is -0.0800. The molecule has 3 atom stereocenters. The van der Waals surface area contributed by atoms with Gasteiger partial charge < -0.3 is 9.47 Å². The van der Waals surface area contributed by atoms with E-state index in [1.807, 2.05) is 7.11 Å². The van der Waals surface area contributed by atoms with Crippen LogP contribution in [0.3, 0.4) is 0 Å². The van der Waals surface area contributed by atoms with Crippen molar-refractivity contribution in [2.45, 2.75) is 79.2 Å². The van der Waals surface area contributed by atoms with Crippen LogP contribution < -0.4 is 0 Å². The molecule has 0 amide bonds. The zero-order valence-electron chi connectivity index (χ0n) is 15.0. The van der Waals surface area contributed by atoms with Gasteiger partial charge in [0, 0.05) is 20.8 Å². The molecule has 3 unspecified atom stereocenters. The largest absolute Gasteiger partial charge is 0.385 e. The van der Waals surface area contributed by atoms with Crippen LogP contribution in [0.5, 0.6) is 0 Å². The molecule has 0 aromatic carbocycles. The van der Waals surface area contributed by atoms with Crippen molar-refractivity contribution in [1.29, 1.82) is 0 Å². The Morgan fingerprint density at radius 3 is 2.10 bits per heavy atom. The summed E-state index contributed by atoms with van der Waals surface area (Å²) < 4.78 is 10.9. The topological polar surface area (TPSA) is 18.5 Å². The van der Waals surface area contributed by atoms with E-state index >= 15 is 0 Å². The lowest BCUT2D eigenvalue weighted by atomic mass is 9.65. The van der Waals surface area contributed by atoms with Crippen LogP contribution in [0, 0.1) is 17.3 Å².